The van der Waals surface area contributed by atoms with Crippen molar-refractivity contribution in [3.8, 4) is 11.3 Å². The van der Waals surface area contributed by atoms with Gasteiger partial charge in [0.1, 0.15) is 5.82 Å². The summed E-state index contributed by atoms with van der Waals surface area (Å²) in [6.07, 6.45) is 5.18. The molecule has 0 unspecified atom stereocenters. The van der Waals surface area contributed by atoms with Crippen LogP contribution in [0.2, 0.25) is 0 Å². The van der Waals surface area contributed by atoms with Crippen LogP contribution in [0.25, 0.3) is 29.6 Å². The third-order valence-corrected chi connectivity index (χ3v) is 4.46. The zero-order valence-corrected chi connectivity index (χ0v) is 13.2. The van der Waals surface area contributed by atoms with Crippen LogP contribution in [-0.2, 0) is 0 Å². The van der Waals surface area contributed by atoms with Crippen LogP contribution in [0.1, 0.15) is 5.56 Å². The third kappa shape index (κ3) is 2.44. The third-order valence-electron chi connectivity index (χ3n) is 3.59. The van der Waals surface area contributed by atoms with E-state index in [1.165, 1.54) is 6.07 Å². The highest BCUT2D eigenvalue weighted by molar-refractivity contribution is 7.07. The number of hydrogen-bond acceptors (Lipinski definition) is 4. The molecule has 0 aliphatic carbocycles. The largest absolute Gasteiger partial charge is 0.313 e. The molecule has 0 saturated heterocycles. The van der Waals surface area contributed by atoms with Crippen LogP contribution in [0.4, 0.5) is 4.39 Å². The van der Waals surface area contributed by atoms with E-state index in [0.717, 1.165) is 16.9 Å². The van der Waals surface area contributed by atoms with Crippen molar-refractivity contribution in [2.75, 3.05) is 0 Å². The molecule has 0 spiro atoms. The number of aromatic nitrogens is 4. The molecule has 0 radical (unpaired) electrons. The Morgan fingerprint density at radius 1 is 1.29 bits per heavy atom. The van der Waals surface area contributed by atoms with E-state index in [1.54, 1.807) is 47.3 Å². The van der Waals surface area contributed by atoms with Crippen LogP contribution in [0.3, 0.4) is 0 Å². The van der Waals surface area contributed by atoms with Gasteiger partial charge in [-0.15, -0.1) is 0 Å². The Labute approximate surface area is 139 Å². The number of hydrogen-bond donors (Lipinski definition) is 1. The lowest BCUT2D eigenvalue weighted by Crippen LogP contribution is -2.19. The van der Waals surface area contributed by atoms with E-state index in [2.05, 4.69) is 21.6 Å². The summed E-state index contributed by atoms with van der Waals surface area (Å²) in [4.78, 5) is 18.4. The lowest BCUT2D eigenvalue weighted by molar-refractivity contribution is 0.630. The molecular formula is C17H11FN4OS. The van der Waals surface area contributed by atoms with Crippen molar-refractivity contribution in [3.05, 3.63) is 73.7 Å². The highest BCUT2D eigenvalue weighted by atomic mass is 32.1. The first-order valence-corrected chi connectivity index (χ1v) is 7.92. The van der Waals surface area contributed by atoms with Crippen LogP contribution in [0.5, 0.6) is 0 Å². The maximum Gasteiger partial charge on any atom is 0.305 e. The first-order valence-electron chi connectivity index (χ1n) is 7.11. The zero-order chi connectivity index (χ0) is 16.7. The fraction of sp³-hybridized carbons (Fsp3) is 0. The van der Waals surface area contributed by atoms with Gasteiger partial charge in [0, 0.05) is 17.3 Å². The normalized spacial score (nSPS) is 12.1. The number of rotatable bonds is 2. The Kier molecular flexibility index (Phi) is 3.35. The van der Waals surface area contributed by atoms with Crippen molar-refractivity contribution >= 4 is 29.6 Å². The Morgan fingerprint density at radius 3 is 2.88 bits per heavy atom. The Bertz CT molecular complexity index is 1220. The van der Waals surface area contributed by atoms with E-state index in [4.69, 9.17) is 0 Å². The van der Waals surface area contributed by atoms with E-state index in [-0.39, 0.29) is 10.7 Å². The molecular weight excluding hydrogens is 327 g/mol. The molecule has 0 aliphatic rings. The van der Waals surface area contributed by atoms with Gasteiger partial charge < -0.3 is 4.98 Å². The average Bonchev–Trinajstić information content (AvgIpc) is 3.11. The summed E-state index contributed by atoms with van der Waals surface area (Å²) in [7, 11) is 0. The molecule has 0 amide bonds. The molecule has 4 aromatic rings. The highest BCUT2D eigenvalue weighted by Gasteiger charge is 2.09. The Balaban J connectivity index is 1.93. The predicted octanol–water partition coefficient (Wildman–Crippen LogP) is 1.52. The topological polar surface area (TPSA) is 63.0 Å². The molecule has 3 aromatic heterocycles. The molecule has 0 aliphatic heterocycles. The number of aromatic amines is 1. The van der Waals surface area contributed by atoms with Crippen LogP contribution in [0, 0.1) is 5.82 Å². The molecule has 0 atom stereocenters. The van der Waals surface area contributed by atoms with Gasteiger partial charge >= 0.3 is 4.87 Å². The monoisotopic (exact) mass is 338 g/mol. The number of benzene rings is 1. The minimum atomic E-state index is -0.330. The van der Waals surface area contributed by atoms with E-state index >= 15 is 0 Å². The molecule has 5 nitrogen and oxygen atoms in total. The molecule has 0 saturated carbocycles. The summed E-state index contributed by atoms with van der Waals surface area (Å²) in [5.41, 5.74) is 2.26. The summed E-state index contributed by atoms with van der Waals surface area (Å²) in [6.45, 7) is 3.81. The Hall–Kier alpha value is -3.06. The number of nitrogens with zero attached hydrogens (tertiary/aromatic N) is 3. The zero-order valence-electron chi connectivity index (χ0n) is 12.4. The molecule has 0 fully saturated rings. The van der Waals surface area contributed by atoms with Gasteiger partial charge in [0.05, 0.1) is 21.8 Å². The molecule has 118 valence electrons. The van der Waals surface area contributed by atoms with Gasteiger partial charge in [0.15, 0.2) is 5.65 Å². The molecule has 7 heteroatoms. The first kappa shape index (κ1) is 14.5. The average molecular weight is 338 g/mol. The van der Waals surface area contributed by atoms with Crippen molar-refractivity contribution < 1.29 is 4.39 Å². The molecule has 24 heavy (non-hydrogen) atoms. The minimum absolute atomic E-state index is 0.164. The standard InChI is InChI=1S/C17H11FN4OS/c1-10-15(24-17(23)20-10)8-11-9-19-22-7-6-14(21-16(11)22)12-4-2-3-5-13(12)18/h2-9H,1H2,(H,20,23)/b15-8-. The quantitative estimate of drug-likeness (QED) is 0.603. The maximum atomic E-state index is 14.0. The molecule has 1 aromatic carbocycles. The predicted molar refractivity (Wildman–Crippen MR) is 91.7 cm³/mol. The first-order chi connectivity index (χ1) is 11.6. The van der Waals surface area contributed by atoms with Crippen molar-refractivity contribution in [1.29, 1.82) is 0 Å². The second-order valence-electron chi connectivity index (χ2n) is 5.16. The second-order valence-corrected chi connectivity index (χ2v) is 6.18. The van der Waals surface area contributed by atoms with Gasteiger partial charge in [-0.1, -0.05) is 30.0 Å². The van der Waals surface area contributed by atoms with E-state index < -0.39 is 0 Å². The van der Waals surface area contributed by atoms with Gasteiger partial charge in [-0.2, -0.15) is 5.10 Å². The molecule has 4 rings (SSSR count). The Morgan fingerprint density at radius 2 is 2.12 bits per heavy atom. The SMILES string of the molecule is C=c1[nH]c(=O)s/c1=C\c1cnn2ccc(-c3ccccc3F)nc12. The van der Waals surface area contributed by atoms with Gasteiger partial charge in [-0.25, -0.2) is 13.9 Å². The summed E-state index contributed by atoms with van der Waals surface area (Å²) in [5.74, 6) is -0.330. The van der Waals surface area contributed by atoms with Gasteiger partial charge in [-0.3, -0.25) is 4.79 Å². The summed E-state index contributed by atoms with van der Waals surface area (Å²) in [5, 5.41) is 4.78. The fourth-order valence-corrected chi connectivity index (χ4v) is 3.17. The van der Waals surface area contributed by atoms with Gasteiger partial charge in [0.25, 0.3) is 0 Å². The van der Waals surface area contributed by atoms with Crippen molar-refractivity contribution in [2.45, 2.75) is 0 Å². The smallest absolute Gasteiger partial charge is 0.305 e. The number of thiazole rings is 1. The fourth-order valence-electron chi connectivity index (χ4n) is 2.44. The van der Waals surface area contributed by atoms with E-state index in [1.807, 2.05) is 0 Å². The van der Waals surface area contributed by atoms with Crippen LogP contribution in [-0.4, -0.2) is 19.6 Å². The van der Waals surface area contributed by atoms with Gasteiger partial charge in [0.2, 0.25) is 0 Å². The number of fused-ring (bicyclic) bond motifs is 1. The van der Waals surface area contributed by atoms with Gasteiger partial charge in [-0.05, 0) is 24.3 Å². The lowest BCUT2D eigenvalue weighted by Gasteiger charge is -2.03. The number of H-pyrrole nitrogens is 1. The number of nitrogens with one attached hydrogen (secondary N) is 1. The number of halogens is 1. The van der Waals surface area contributed by atoms with E-state index in [0.29, 0.717) is 26.8 Å². The minimum Gasteiger partial charge on any atom is -0.313 e. The van der Waals surface area contributed by atoms with Crippen LogP contribution >= 0.6 is 11.3 Å². The summed E-state index contributed by atoms with van der Waals surface area (Å²) < 4.78 is 16.3. The second kappa shape index (κ2) is 5.54. The molecule has 3 heterocycles. The maximum absolute atomic E-state index is 14.0. The van der Waals surface area contributed by atoms with Crippen molar-refractivity contribution in [1.82, 2.24) is 19.6 Å². The van der Waals surface area contributed by atoms with E-state index in [9.17, 15) is 9.18 Å². The summed E-state index contributed by atoms with van der Waals surface area (Å²) in [6, 6.07) is 8.19. The molecule has 0 bridgehead atoms. The van der Waals surface area contributed by atoms with Crippen LogP contribution in [0.15, 0.2) is 47.5 Å². The van der Waals surface area contributed by atoms with Crippen molar-refractivity contribution in [2.24, 2.45) is 0 Å². The summed E-state index contributed by atoms with van der Waals surface area (Å²) >= 11 is 1.07. The highest BCUT2D eigenvalue weighted by Crippen LogP contribution is 2.21. The van der Waals surface area contributed by atoms with Crippen LogP contribution < -0.4 is 14.8 Å². The van der Waals surface area contributed by atoms with Crippen molar-refractivity contribution in [3.63, 3.8) is 0 Å². The molecule has 1 N–H and O–H groups in total. The lowest BCUT2D eigenvalue weighted by atomic mass is 10.1.